The summed E-state index contributed by atoms with van der Waals surface area (Å²) < 4.78 is 5.43. The highest BCUT2D eigenvalue weighted by atomic mass is 16.5. The Hall–Kier alpha value is -0.570. The zero-order valence-electron chi connectivity index (χ0n) is 11.0. The van der Waals surface area contributed by atoms with Crippen LogP contribution in [-0.2, 0) is 9.53 Å². The molecular formula is C13H25NO2. The van der Waals surface area contributed by atoms with E-state index in [4.69, 9.17) is 10.5 Å². The molecule has 0 aromatic carbocycles. The fraction of sp³-hybridized carbons (Fsp3) is 0.923. The molecule has 0 heterocycles. The van der Waals surface area contributed by atoms with Gasteiger partial charge in [0.25, 0.3) is 0 Å². The van der Waals surface area contributed by atoms with Crippen LogP contribution in [0.15, 0.2) is 0 Å². The molecule has 2 unspecified atom stereocenters. The molecule has 0 saturated heterocycles. The van der Waals surface area contributed by atoms with Gasteiger partial charge >= 0.3 is 5.97 Å². The van der Waals surface area contributed by atoms with Crippen molar-refractivity contribution in [2.75, 3.05) is 0 Å². The Balaban J connectivity index is 2.54. The van der Waals surface area contributed by atoms with Gasteiger partial charge in [-0.05, 0) is 43.9 Å². The number of carbonyl (C=O) groups excluding carboxylic acids is 1. The molecule has 3 nitrogen and oxygen atoms in total. The molecule has 0 aromatic heterocycles. The quantitative estimate of drug-likeness (QED) is 0.754. The van der Waals surface area contributed by atoms with Gasteiger partial charge in [0, 0.05) is 0 Å². The smallest absolute Gasteiger partial charge is 0.322 e. The van der Waals surface area contributed by atoms with E-state index in [-0.39, 0.29) is 12.1 Å². The normalized spacial score (nSPS) is 32.5. The summed E-state index contributed by atoms with van der Waals surface area (Å²) >= 11 is 0. The molecule has 94 valence electrons. The van der Waals surface area contributed by atoms with E-state index in [1.54, 1.807) is 6.92 Å². The maximum atomic E-state index is 11.4. The largest absolute Gasteiger partial charge is 0.461 e. The van der Waals surface area contributed by atoms with Gasteiger partial charge in [-0.3, -0.25) is 4.79 Å². The minimum atomic E-state index is -0.507. The van der Waals surface area contributed by atoms with Gasteiger partial charge in [-0.25, -0.2) is 0 Å². The third-order valence-corrected chi connectivity index (χ3v) is 4.02. The molecular weight excluding hydrogens is 202 g/mol. The number of hydrogen-bond acceptors (Lipinski definition) is 3. The van der Waals surface area contributed by atoms with Crippen LogP contribution in [0.3, 0.4) is 0 Å². The Morgan fingerprint density at radius 2 is 2.06 bits per heavy atom. The van der Waals surface area contributed by atoms with Gasteiger partial charge in [-0.15, -0.1) is 0 Å². The SMILES string of the molecule is CC(C)C1(C)CCCC(OC(=O)[C@H](C)N)C1. The molecule has 0 spiro atoms. The van der Waals surface area contributed by atoms with Gasteiger partial charge < -0.3 is 10.5 Å². The number of nitrogens with two attached hydrogens (primary N) is 1. The molecule has 0 amide bonds. The summed E-state index contributed by atoms with van der Waals surface area (Å²) in [4.78, 5) is 11.4. The van der Waals surface area contributed by atoms with Crippen LogP contribution in [0.5, 0.6) is 0 Å². The first-order valence-corrected chi connectivity index (χ1v) is 6.31. The van der Waals surface area contributed by atoms with Gasteiger partial charge in [0.05, 0.1) is 0 Å². The molecule has 1 saturated carbocycles. The van der Waals surface area contributed by atoms with Crippen molar-refractivity contribution in [3.63, 3.8) is 0 Å². The van der Waals surface area contributed by atoms with Crippen molar-refractivity contribution in [3.8, 4) is 0 Å². The summed E-state index contributed by atoms with van der Waals surface area (Å²) in [6.07, 6.45) is 4.41. The maximum Gasteiger partial charge on any atom is 0.322 e. The van der Waals surface area contributed by atoms with Crippen LogP contribution in [0.25, 0.3) is 0 Å². The van der Waals surface area contributed by atoms with E-state index in [9.17, 15) is 4.79 Å². The topological polar surface area (TPSA) is 52.3 Å². The van der Waals surface area contributed by atoms with Crippen molar-refractivity contribution < 1.29 is 9.53 Å². The van der Waals surface area contributed by atoms with E-state index < -0.39 is 6.04 Å². The number of hydrogen-bond donors (Lipinski definition) is 1. The fourth-order valence-corrected chi connectivity index (χ4v) is 2.35. The zero-order chi connectivity index (χ0) is 12.3. The van der Waals surface area contributed by atoms with Crippen LogP contribution >= 0.6 is 0 Å². The molecule has 3 atom stereocenters. The van der Waals surface area contributed by atoms with Gasteiger partial charge in [0.2, 0.25) is 0 Å². The van der Waals surface area contributed by atoms with Crippen LogP contribution in [0.1, 0.15) is 53.4 Å². The van der Waals surface area contributed by atoms with E-state index in [0.717, 1.165) is 19.3 Å². The first-order chi connectivity index (χ1) is 7.35. The predicted octanol–water partition coefficient (Wildman–Crippen LogP) is 2.48. The molecule has 0 bridgehead atoms. The van der Waals surface area contributed by atoms with Crippen LogP contribution < -0.4 is 5.73 Å². The highest BCUT2D eigenvalue weighted by molar-refractivity contribution is 5.75. The molecule has 1 fully saturated rings. The summed E-state index contributed by atoms with van der Waals surface area (Å²) in [6, 6.07) is -0.507. The lowest BCUT2D eigenvalue weighted by atomic mass is 9.67. The Labute approximate surface area is 98.7 Å². The predicted molar refractivity (Wildman–Crippen MR) is 64.9 cm³/mol. The van der Waals surface area contributed by atoms with Gasteiger partial charge in [0.15, 0.2) is 0 Å². The summed E-state index contributed by atoms with van der Waals surface area (Å²) in [5, 5.41) is 0. The third-order valence-electron chi connectivity index (χ3n) is 4.02. The summed E-state index contributed by atoms with van der Waals surface area (Å²) in [5.41, 5.74) is 5.81. The van der Waals surface area contributed by atoms with E-state index >= 15 is 0 Å². The van der Waals surface area contributed by atoms with Crippen LogP contribution in [-0.4, -0.2) is 18.1 Å². The Morgan fingerprint density at radius 1 is 1.44 bits per heavy atom. The Kier molecular flexibility index (Phi) is 4.36. The van der Waals surface area contributed by atoms with Crippen LogP contribution in [0.2, 0.25) is 0 Å². The number of carbonyl (C=O) groups is 1. The first-order valence-electron chi connectivity index (χ1n) is 6.31. The van der Waals surface area contributed by atoms with Crippen molar-refractivity contribution in [1.82, 2.24) is 0 Å². The minimum Gasteiger partial charge on any atom is -0.461 e. The Morgan fingerprint density at radius 3 is 2.56 bits per heavy atom. The Bertz CT molecular complexity index is 250. The standard InChI is InChI=1S/C13H25NO2/c1-9(2)13(4)7-5-6-11(8-13)16-12(15)10(3)14/h9-11H,5-8,14H2,1-4H3/t10-,11?,13?/m0/s1. The zero-order valence-corrected chi connectivity index (χ0v) is 11.0. The maximum absolute atomic E-state index is 11.4. The minimum absolute atomic E-state index is 0.0691. The van der Waals surface area contributed by atoms with E-state index in [1.807, 2.05) is 0 Å². The summed E-state index contributed by atoms with van der Waals surface area (Å²) in [6.45, 7) is 8.46. The van der Waals surface area contributed by atoms with Crippen molar-refractivity contribution in [3.05, 3.63) is 0 Å². The molecule has 0 aromatic rings. The molecule has 2 N–H and O–H groups in total. The molecule has 16 heavy (non-hydrogen) atoms. The lowest BCUT2D eigenvalue weighted by Crippen LogP contribution is -2.38. The monoisotopic (exact) mass is 227 g/mol. The van der Waals surface area contributed by atoms with Crippen molar-refractivity contribution in [2.45, 2.75) is 65.5 Å². The highest BCUT2D eigenvalue weighted by Gasteiger charge is 2.36. The lowest BCUT2D eigenvalue weighted by Gasteiger charge is -2.41. The summed E-state index contributed by atoms with van der Waals surface area (Å²) in [7, 11) is 0. The molecule has 0 aliphatic heterocycles. The van der Waals surface area contributed by atoms with E-state index in [0.29, 0.717) is 11.3 Å². The van der Waals surface area contributed by atoms with Crippen LogP contribution in [0.4, 0.5) is 0 Å². The average molecular weight is 227 g/mol. The number of rotatable bonds is 3. The van der Waals surface area contributed by atoms with E-state index in [2.05, 4.69) is 20.8 Å². The van der Waals surface area contributed by atoms with E-state index in [1.165, 1.54) is 6.42 Å². The lowest BCUT2D eigenvalue weighted by molar-refractivity contribution is -0.154. The van der Waals surface area contributed by atoms with Crippen molar-refractivity contribution in [1.29, 1.82) is 0 Å². The third kappa shape index (κ3) is 3.21. The second-order valence-corrected chi connectivity index (χ2v) is 5.75. The van der Waals surface area contributed by atoms with Crippen molar-refractivity contribution >= 4 is 5.97 Å². The number of ether oxygens (including phenoxy) is 1. The molecule has 3 heteroatoms. The molecule has 0 radical (unpaired) electrons. The number of esters is 1. The first kappa shape index (κ1) is 13.5. The van der Waals surface area contributed by atoms with Crippen LogP contribution in [0, 0.1) is 11.3 Å². The van der Waals surface area contributed by atoms with Gasteiger partial charge in [0.1, 0.15) is 12.1 Å². The average Bonchev–Trinajstić information content (AvgIpc) is 2.17. The summed E-state index contributed by atoms with van der Waals surface area (Å²) in [5.74, 6) is 0.363. The fourth-order valence-electron chi connectivity index (χ4n) is 2.35. The van der Waals surface area contributed by atoms with Gasteiger partial charge in [-0.2, -0.15) is 0 Å². The molecule has 1 aliphatic carbocycles. The van der Waals surface area contributed by atoms with Gasteiger partial charge in [-0.1, -0.05) is 20.8 Å². The van der Waals surface area contributed by atoms with Crippen molar-refractivity contribution in [2.24, 2.45) is 17.1 Å². The second-order valence-electron chi connectivity index (χ2n) is 5.75. The molecule has 1 aliphatic rings. The second kappa shape index (κ2) is 5.17. The molecule has 1 rings (SSSR count). The highest BCUT2D eigenvalue weighted by Crippen LogP contribution is 2.42.